The summed E-state index contributed by atoms with van der Waals surface area (Å²) >= 11 is 1.97. The predicted molar refractivity (Wildman–Crippen MR) is 81.3 cm³/mol. The van der Waals surface area contributed by atoms with Crippen LogP contribution in [-0.4, -0.2) is 18.1 Å². The molecule has 0 amide bonds. The van der Waals surface area contributed by atoms with Gasteiger partial charge in [0.15, 0.2) is 0 Å². The van der Waals surface area contributed by atoms with Crippen LogP contribution in [0.5, 0.6) is 5.75 Å². The zero-order chi connectivity index (χ0) is 14.8. The summed E-state index contributed by atoms with van der Waals surface area (Å²) in [7, 11) is -4.20. The predicted octanol–water partition coefficient (Wildman–Crippen LogP) is 3.66. The van der Waals surface area contributed by atoms with Crippen molar-refractivity contribution in [1.82, 2.24) is 0 Å². The van der Waals surface area contributed by atoms with Gasteiger partial charge in [-0.3, -0.25) is 4.55 Å². The van der Waals surface area contributed by atoms with Gasteiger partial charge < -0.3 is 5.11 Å². The van der Waals surface area contributed by atoms with E-state index in [1.807, 2.05) is 22.6 Å². The number of rotatable bonds is 3. The van der Waals surface area contributed by atoms with E-state index in [1.54, 1.807) is 12.1 Å². The van der Waals surface area contributed by atoms with Crippen LogP contribution in [0.25, 0.3) is 0 Å². The molecule has 0 atom stereocenters. The highest BCUT2D eigenvalue weighted by Crippen LogP contribution is 2.26. The van der Waals surface area contributed by atoms with Crippen molar-refractivity contribution in [3.05, 3.63) is 46.0 Å². The molecule has 0 aliphatic heterocycles. The van der Waals surface area contributed by atoms with Gasteiger partial charge in [-0.15, -0.1) is 0 Å². The van der Waals surface area contributed by atoms with Crippen molar-refractivity contribution >= 4 is 44.1 Å². The number of hydrogen-bond acceptors (Lipinski definition) is 5. The zero-order valence-electron chi connectivity index (χ0n) is 9.93. The minimum atomic E-state index is -4.20. The van der Waals surface area contributed by atoms with E-state index in [0.29, 0.717) is 14.9 Å². The molecular formula is C12H9IN2O4S. The molecule has 0 spiro atoms. The summed E-state index contributed by atoms with van der Waals surface area (Å²) in [5.41, 5.74) is 1.01. The van der Waals surface area contributed by atoms with Gasteiger partial charge in [0.05, 0.1) is 19.8 Å². The monoisotopic (exact) mass is 404 g/mol. The van der Waals surface area contributed by atoms with Crippen LogP contribution >= 0.6 is 22.6 Å². The van der Waals surface area contributed by atoms with Crippen LogP contribution < -0.4 is 0 Å². The number of hydrogen-bond donors (Lipinski definition) is 2. The third-order valence-electron chi connectivity index (χ3n) is 2.35. The second kappa shape index (κ2) is 5.85. The Morgan fingerprint density at radius 3 is 2.05 bits per heavy atom. The van der Waals surface area contributed by atoms with Crippen LogP contribution in [0.3, 0.4) is 0 Å². The Labute approximate surface area is 129 Å². The lowest BCUT2D eigenvalue weighted by molar-refractivity contribution is 0.471. The molecule has 2 aromatic rings. The number of phenolic OH excluding ortho intramolecular Hbond substituents is 1. The highest BCUT2D eigenvalue weighted by molar-refractivity contribution is 14.1. The minimum absolute atomic E-state index is 0.169. The smallest absolute Gasteiger partial charge is 0.294 e. The van der Waals surface area contributed by atoms with Crippen LogP contribution in [0.4, 0.5) is 11.4 Å². The summed E-state index contributed by atoms with van der Waals surface area (Å²) in [6, 6.07) is 10.1. The molecule has 0 aliphatic rings. The summed E-state index contributed by atoms with van der Waals surface area (Å²) in [5, 5.41) is 17.3. The normalized spacial score (nSPS) is 11.9. The lowest BCUT2D eigenvalue weighted by Crippen LogP contribution is -1.96. The summed E-state index contributed by atoms with van der Waals surface area (Å²) in [6.07, 6.45) is 0. The minimum Gasteiger partial charge on any atom is -0.507 e. The topological polar surface area (TPSA) is 99.3 Å². The van der Waals surface area contributed by atoms with Crippen molar-refractivity contribution < 1.29 is 18.1 Å². The number of halogens is 1. The quantitative estimate of drug-likeness (QED) is 0.463. The molecule has 0 saturated heterocycles. The molecule has 0 radical (unpaired) electrons. The van der Waals surface area contributed by atoms with E-state index in [-0.39, 0.29) is 10.6 Å². The Hall–Kier alpha value is -1.52. The number of aromatic hydroxyl groups is 1. The van der Waals surface area contributed by atoms with Crippen molar-refractivity contribution in [1.29, 1.82) is 0 Å². The highest BCUT2D eigenvalue weighted by Gasteiger charge is 2.08. The third-order valence-corrected chi connectivity index (χ3v) is 4.08. The van der Waals surface area contributed by atoms with Crippen LogP contribution in [0.2, 0.25) is 0 Å². The molecule has 104 valence electrons. The first-order valence-corrected chi connectivity index (χ1v) is 7.86. The van der Waals surface area contributed by atoms with E-state index >= 15 is 0 Å². The molecule has 20 heavy (non-hydrogen) atoms. The second-order valence-electron chi connectivity index (χ2n) is 3.80. The summed E-state index contributed by atoms with van der Waals surface area (Å²) < 4.78 is 31.2. The van der Waals surface area contributed by atoms with E-state index in [4.69, 9.17) is 4.55 Å². The molecule has 0 heterocycles. The molecule has 0 aliphatic carbocycles. The molecule has 0 saturated carbocycles. The van der Waals surface area contributed by atoms with Crippen LogP contribution in [-0.2, 0) is 10.1 Å². The van der Waals surface area contributed by atoms with Gasteiger partial charge in [-0.2, -0.15) is 18.6 Å². The van der Waals surface area contributed by atoms with Gasteiger partial charge in [-0.1, -0.05) is 0 Å². The average Bonchev–Trinajstić information content (AvgIpc) is 2.40. The van der Waals surface area contributed by atoms with Gasteiger partial charge in [-0.25, -0.2) is 0 Å². The Morgan fingerprint density at radius 2 is 1.50 bits per heavy atom. The molecule has 2 rings (SSSR count). The summed E-state index contributed by atoms with van der Waals surface area (Å²) in [4.78, 5) is -0.198. The maximum absolute atomic E-state index is 10.9. The van der Waals surface area contributed by atoms with Crippen molar-refractivity contribution in [2.45, 2.75) is 4.90 Å². The molecule has 0 unspecified atom stereocenters. The number of benzene rings is 2. The summed E-state index contributed by atoms with van der Waals surface area (Å²) in [5.74, 6) is 0.169. The molecule has 0 aromatic heterocycles. The first kappa shape index (κ1) is 14.9. The van der Waals surface area contributed by atoms with Crippen LogP contribution in [0.15, 0.2) is 57.6 Å². The Kier molecular flexibility index (Phi) is 4.35. The maximum Gasteiger partial charge on any atom is 0.294 e. The van der Waals surface area contributed by atoms with Gasteiger partial charge in [0, 0.05) is 0 Å². The fraction of sp³-hybridized carbons (Fsp3) is 0. The fourth-order valence-electron chi connectivity index (χ4n) is 1.36. The lowest BCUT2D eigenvalue weighted by atomic mass is 10.3. The van der Waals surface area contributed by atoms with Gasteiger partial charge >= 0.3 is 0 Å². The van der Waals surface area contributed by atoms with Crippen LogP contribution in [0.1, 0.15) is 0 Å². The average molecular weight is 404 g/mol. The fourth-order valence-corrected chi connectivity index (χ4v) is 2.34. The van der Waals surface area contributed by atoms with Crippen molar-refractivity contribution in [3.63, 3.8) is 0 Å². The van der Waals surface area contributed by atoms with Gasteiger partial charge in [0.2, 0.25) is 0 Å². The molecule has 2 N–H and O–H groups in total. The standard InChI is InChI=1S/C12H9IN2O4S/c13-11-7-9(3-6-12(11)16)15-14-8-1-4-10(5-2-8)20(17,18)19/h1-7,16H,(H,17,18,19). The van der Waals surface area contributed by atoms with Gasteiger partial charge in [-0.05, 0) is 65.1 Å². The van der Waals surface area contributed by atoms with Gasteiger partial charge in [0.25, 0.3) is 10.1 Å². The third kappa shape index (κ3) is 3.74. The maximum atomic E-state index is 10.9. The number of azo groups is 1. The SMILES string of the molecule is O=S(=O)(O)c1ccc(N=Nc2ccc(O)c(I)c2)cc1. The summed E-state index contributed by atoms with van der Waals surface area (Å²) in [6.45, 7) is 0. The zero-order valence-corrected chi connectivity index (χ0v) is 12.9. The van der Waals surface area contributed by atoms with E-state index in [9.17, 15) is 13.5 Å². The Balaban J connectivity index is 2.21. The highest BCUT2D eigenvalue weighted by atomic mass is 127. The largest absolute Gasteiger partial charge is 0.507 e. The first-order valence-electron chi connectivity index (χ1n) is 5.34. The van der Waals surface area contributed by atoms with Crippen molar-refractivity contribution in [2.75, 3.05) is 0 Å². The van der Waals surface area contributed by atoms with Crippen molar-refractivity contribution in [3.8, 4) is 5.75 Å². The Morgan fingerprint density at radius 1 is 0.950 bits per heavy atom. The molecule has 0 fully saturated rings. The van der Waals surface area contributed by atoms with E-state index < -0.39 is 10.1 Å². The first-order chi connectivity index (χ1) is 9.36. The number of nitrogens with zero attached hydrogens (tertiary/aromatic N) is 2. The molecule has 0 bridgehead atoms. The lowest BCUT2D eigenvalue weighted by Gasteiger charge is -1.98. The van der Waals surface area contributed by atoms with E-state index in [1.165, 1.54) is 30.3 Å². The van der Waals surface area contributed by atoms with Crippen molar-refractivity contribution in [2.24, 2.45) is 10.2 Å². The Bertz CT molecular complexity index is 758. The molecule has 2 aromatic carbocycles. The number of phenols is 1. The van der Waals surface area contributed by atoms with E-state index in [0.717, 1.165) is 0 Å². The van der Waals surface area contributed by atoms with Crippen LogP contribution in [0, 0.1) is 3.57 Å². The second-order valence-corrected chi connectivity index (χ2v) is 6.39. The molecule has 6 nitrogen and oxygen atoms in total. The molecule has 8 heteroatoms. The van der Waals surface area contributed by atoms with E-state index in [2.05, 4.69) is 10.2 Å². The van der Waals surface area contributed by atoms with Gasteiger partial charge in [0.1, 0.15) is 5.75 Å². The molecular weight excluding hydrogens is 395 g/mol.